The summed E-state index contributed by atoms with van der Waals surface area (Å²) in [5, 5.41) is 7.41. The Morgan fingerprint density at radius 1 is 1.24 bits per heavy atom. The average Bonchev–Trinajstić information content (AvgIpc) is 3.21. The second-order valence-corrected chi connectivity index (χ2v) is 5.74. The van der Waals surface area contributed by atoms with Gasteiger partial charge >= 0.3 is 0 Å². The smallest absolute Gasteiger partial charge is 0.271 e. The molecule has 108 valence electrons. The van der Waals surface area contributed by atoms with Gasteiger partial charge in [0, 0.05) is 23.5 Å². The molecule has 1 aliphatic rings. The third-order valence-electron chi connectivity index (χ3n) is 3.29. The fraction of sp³-hybridized carbons (Fsp3) is 0.267. The minimum atomic E-state index is -0.178. The molecule has 0 saturated heterocycles. The normalized spacial score (nSPS) is 13.7. The maximum Gasteiger partial charge on any atom is 0.271 e. The van der Waals surface area contributed by atoms with Crippen LogP contribution in [0.4, 0.5) is 5.69 Å². The van der Waals surface area contributed by atoms with Gasteiger partial charge in [-0.1, -0.05) is 12.1 Å². The van der Waals surface area contributed by atoms with Crippen LogP contribution in [0.2, 0.25) is 0 Å². The summed E-state index contributed by atoms with van der Waals surface area (Å²) in [6, 6.07) is 7.49. The van der Waals surface area contributed by atoms with Crippen molar-refractivity contribution in [3.05, 3.63) is 46.4 Å². The highest BCUT2D eigenvalue weighted by Crippen LogP contribution is 2.30. The molecule has 5 nitrogen and oxygen atoms in total. The Labute approximate surface area is 126 Å². The van der Waals surface area contributed by atoms with E-state index in [1.807, 2.05) is 24.3 Å². The van der Waals surface area contributed by atoms with Gasteiger partial charge < -0.3 is 10.6 Å². The fourth-order valence-corrected chi connectivity index (χ4v) is 2.43. The molecule has 1 aromatic heterocycles. The van der Waals surface area contributed by atoms with Gasteiger partial charge in [-0.2, -0.15) is 0 Å². The molecule has 2 aromatic rings. The molecule has 0 atom stereocenters. The monoisotopic (exact) mass is 301 g/mol. The van der Waals surface area contributed by atoms with Crippen LogP contribution in [0.5, 0.6) is 0 Å². The number of benzene rings is 1. The van der Waals surface area contributed by atoms with Crippen LogP contribution in [0, 0.1) is 5.92 Å². The molecule has 2 amide bonds. The summed E-state index contributed by atoms with van der Waals surface area (Å²) in [4.78, 5) is 27.3. The van der Waals surface area contributed by atoms with Crippen LogP contribution in [0.15, 0.2) is 35.2 Å². The topological polar surface area (TPSA) is 71.1 Å². The van der Waals surface area contributed by atoms with E-state index in [2.05, 4.69) is 15.6 Å². The number of hydrogen-bond donors (Lipinski definition) is 2. The van der Waals surface area contributed by atoms with Gasteiger partial charge in [-0.05, 0) is 30.5 Å². The van der Waals surface area contributed by atoms with Crippen LogP contribution in [0.25, 0.3) is 0 Å². The number of amides is 2. The molecule has 1 heterocycles. The number of anilines is 1. The molecule has 1 saturated carbocycles. The zero-order valence-electron chi connectivity index (χ0n) is 11.3. The molecule has 1 fully saturated rings. The van der Waals surface area contributed by atoms with Crippen LogP contribution < -0.4 is 10.6 Å². The molecule has 0 radical (unpaired) electrons. The Morgan fingerprint density at radius 2 is 2.00 bits per heavy atom. The van der Waals surface area contributed by atoms with E-state index < -0.39 is 0 Å². The van der Waals surface area contributed by atoms with Gasteiger partial charge in [0.05, 0.1) is 5.51 Å². The maximum atomic E-state index is 11.7. The Balaban J connectivity index is 1.52. The predicted molar refractivity (Wildman–Crippen MR) is 81.1 cm³/mol. The van der Waals surface area contributed by atoms with Gasteiger partial charge in [-0.25, -0.2) is 4.98 Å². The van der Waals surface area contributed by atoms with Gasteiger partial charge in [-0.3, -0.25) is 9.59 Å². The molecule has 1 aliphatic carbocycles. The summed E-state index contributed by atoms with van der Waals surface area (Å²) in [7, 11) is 0. The first-order valence-corrected chi connectivity index (χ1v) is 7.73. The molecule has 3 rings (SSSR count). The third kappa shape index (κ3) is 3.66. The second-order valence-electron chi connectivity index (χ2n) is 5.02. The van der Waals surface area contributed by atoms with Gasteiger partial charge in [0.2, 0.25) is 5.91 Å². The van der Waals surface area contributed by atoms with Gasteiger partial charge in [0.1, 0.15) is 5.69 Å². The number of nitrogens with zero attached hydrogens (tertiary/aromatic N) is 1. The summed E-state index contributed by atoms with van der Waals surface area (Å²) < 4.78 is 0. The van der Waals surface area contributed by atoms with Crippen molar-refractivity contribution in [2.45, 2.75) is 19.4 Å². The van der Waals surface area contributed by atoms with E-state index in [0.717, 1.165) is 24.1 Å². The van der Waals surface area contributed by atoms with Crippen molar-refractivity contribution in [2.75, 3.05) is 5.32 Å². The first-order chi connectivity index (χ1) is 10.2. The quantitative estimate of drug-likeness (QED) is 0.891. The molecule has 0 aliphatic heterocycles. The Morgan fingerprint density at radius 3 is 2.62 bits per heavy atom. The minimum absolute atomic E-state index is 0.0968. The molecular weight excluding hydrogens is 286 g/mol. The first kappa shape index (κ1) is 13.8. The van der Waals surface area contributed by atoms with Gasteiger partial charge in [0.15, 0.2) is 0 Å². The van der Waals surface area contributed by atoms with Crippen molar-refractivity contribution in [1.29, 1.82) is 0 Å². The van der Waals surface area contributed by atoms with Crippen LogP contribution in [-0.2, 0) is 11.3 Å². The highest BCUT2D eigenvalue weighted by molar-refractivity contribution is 7.07. The first-order valence-electron chi connectivity index (χ1n) is 6.78. The van der Waals surface area contributed by atoms with Gasteiger partial charge in [0.25, 0.3) is 5.91 Å². The lowest BCUT2D eigenvalue weighted by atomic mass is 10.2. The highest BCUT2D eigenvalue weighted by atomic mass is 32.1. The molecule has 1 aromatic carbocycles. The van der Waals surface area contributed by atoms with E-state index >= 15 is 0 Å². The maximum absolute atomic E-state index is 11.7. The van der Waals surface area contributed by atoms with Crippen LogP contribution in [0.1, 0.15) is 28.9 Å². The largest absolute Gasteiger partial charge is 0.347 e. The van der Waals surface area contributed by atoms with Crippen molar-refractivity contribution in [3.63, 3.8) is 0 Å². The molecule has 21 heavy (non-hydrogen) atoms. The van der Waals surface area contributed by atoms with Crippen molar-refractivity contribution in [2.24, 2.45) is 5.92 Å². The van der Waals surface area contributed by atoms with Crippen LogP contribution in [-0.4, -0.2) is 16.8 Å². The number of rotatable bonds is 5. The molecule has 0 spiro atoms. The molecule has 0 unspecified atom stereocenters. The average molecular weight is 301 g/mol. The summed E-state index contributed by atoms with van der Waals surface area (Å²) in [5.74, 6) is 0.115. The van der Waals surface area contributed by atoms with E-state index in [1.165, 1.54) is 11.3 Å². The van der Waals surface area contributed by atoms with Crippen molar-refractivity contribution < 1.29 is 9.59 Å². The van der Waals surface area contributed by atoms with Gasteiger partial charge in [-0.15, -0.1) is 11.3 Å². The zero-order valence-corrected chi connectivity index (χ0v) is 12.2. The number of hydrogen-bond acceptors (Lipinski definition) is 4. The number of carbonyl (C=O) groups is 2. The molecule has 0 bridgehead atoms. The minimum Gasteiger partial charge on any atom is -0.347 e. The Bertz CT molecular complexity index is 633. The standard InChI is InChI=1S/C15H15N3O2S/c19-14(11-3-4-11)18-12-5-1-10(2-6-12)7-16-15(20)13-8-21-9-17-13/h1-2,5-6,8-9,11H,3-4,7H2,(H,16,20)(H,18,19). The van der Waals surface area contributed by atoms with E-state index in [9.17, 15) is 9.59 Å². The van der Waals surface area contributed by atoms with Crippen LogP contribution in [0.3, 0.4) is 0 Å². The van der Waals surface area contributed by atoms with E-state index in [1.54, 1.807) is 10.9 Å². The zero-order chi connectivity index (χ0) is 14.7. The van der Waals surface area contributed by atoms with Crippen molar-refractivity contribution in [1.82, 2.24) is 10.3 Å². The summed E-state index contributed by atoms with van der Waals surface area (Å²) >= 11 is 1.39. The number of nitrogens with one attached hydrogen (secondary N) is 2. The SMILES string of the molecule is O=C(NCc1ccc(NC(=O)C2CC2)cc1)c1cscn1. The predicted octanol–water partition coefficient (Wildman–Crippen LogP) is 2.42. The molecule has 2 N–H and O–H groups in total. The van der Waals surface area contributed by atoms with E-state index in [4.69, 9.17) is 0 Å². The highest BCUT2D eigenvalue weighted by Gasteiger charge is 2.29. The van der Waals surface area contributed by atoms with E-state index in [0.29, 0.717) is 12.2 Å². The fourth-order valence-electron chi connectivity index (χ4n) is 1.89. The number of aromatic nitrogens is 1. The lowest BCUT2D eigenvalue weighted by Gasteiger charge is -2.07. The lowest BCUT2D eigenvalue weighted by Crippen LogP contribution is -2.23. The Hall–Kier alpha value is -2.21. The molecular formula is C15H15N3O2S. The summed E-state index contributed by atoms with van der Waals surface area (Å²) in [6.45, 7) is 0.438. The summed E-state index contributed by atoms with van der Waals surface area (Å²) in [6.07, 6.45) is 1.99. The summed E-state index contributed by atoms with van der Waals surface area (Å²) in [5.41, 5.74) is 3.84. The van der Waals surface area contributed by atoms with E-state index in [-0.39, 0.29) is 17.7 Å². The van der Waals surface area contributed by atoms with Crippen LogP contribution >= 0.6 is 11.3 Å². The molecule has 6 heteroatoms. The lowest BCUT2D eigenvalue weighted by molar-refractivity contribution is -0.117. The van der Waals surface area contributed by atoms with Crippen molar-refractivity contribution >= 4 is 28.8 Å². The third-order valence-corrected chi connectivity index (χ3v) is 3.87. The second kappa shape index (κ2) is 6.05. The van der Waals surface area contributed by atoms with Crippen molar-refractivity contribution in [3.8, 4) is 0 Å². The number of carbonyl (C=O) groups excluding carboxylic acids is 2. The number of thiazole rings is 1. The Kier molecular flexibility index (Phi) is 3.96.